The number of hydrogen-bond donors (Lipinski definition) is 1. The summed E-state index contributed by atoms with van der Waals surface area (Å²) in [6.07, 6.45) is 5.71. The van der Waals surface area contributed by atoms with Crippen LogP contribution in [-0.4, -0.2) is 35.2 Å². The van der Waals surface area contributed by atoms with E-state index in [1.54, 1.807) is 6.08 Å². The van der Waals surface area contributed by atoms with Gasteiger partial charge in [0.1, 0.15) is 0 Å². The Morgan fingerprint density at radius 1 is 1.46 bits per heavy atom. The van der Waals surface area contributed by atoms with Crippen molar-refractivity contribution in [2.75, 3.05) is 19.6 Å². The largest absolute Gasteiger partial charge is 0.386 e. The van der Waals surface area contributed by atoms with Crippen LogP contribution in [0.4, 0.5) is 0 Å². The fraction of sp³-hybridized carbons (Fsp3) is 0.818. The van der Waals surface area contributed by atoms with Crippen molar-refractivity contribution < 1.29 is 5.11 Å². The van der Waals surface area contributed by atoms with Crippen LogP contribution in [-0.2, 0) is 0 Å². The van der Waals surface area contributed by atoms with Gasteiger partial charge >= 0.3 is 0 Å². The maximum Gasteiger partial charge on any atom is 0.0837 e. The average Bonchev–Trinajstić information content (AvgIpc) is 2.31. The summed E-state index contributed by atoms with van der Waals surface area (Å²) >= 11 is 0. The maximum absolute atomic E-state index is 10.0. The van der Waals surface area contributed by atoms with Crippen LogP contribution in [0.15, 0.2) is 12.7 Å². The van der Waals surface area contributed by atoms with Crippen LogP contribution in [0.3, 0.4) is 0 Å². The Kier molecular flexibility index (Phi) is 3.94. The maximum atomic E-state index is 10.0. The molecule has 1 saturated heterocycles. The lowest BCUT2D eigenvalue weighted by atomic mass is 9.95. The van der Waals surface area contributed by atoms with Crippen LogP contribution in [0.2, 0.25) is 0 Å². The first-order valence-corrected chi connectivity index (χ1v) is 5.28. The lowest BCUT2D eigenvalue weighted by molar-refractivity contribution is 0.0750. The summed E-state index contributed by atoms with van der Waals surface area (Å²) in [7, 11) is 0. The predicted molar refractivity (Wildman–Crippen MR) is 55.7 cm³/mol. The lowest BCUT2D eigenvalue weighted by Gasteiger charge is -2.22. The van der Waals surface area contributed by atoms with E-state index in [2.05, 4.69) is 18.4 Å². The van der Waals surface area contributed by atoms with E-state index >= 15 is 0 Å². The summed E-state index contributed by atoms with van der Waals surface area (Å²) in [4.78, 5) is 2.43. The summed E-state index contributed by atoms with van der Waals surface area (Å²) in [5.41, 5.74) is -0.595. The van der Waals surface area contributed by atoms with Crippen molar-refractivity contribution in [1.82, 2.24) is 4.90 Å². The van der Waals surface area contributed by atoms with Gasteiger partial charge in [-0.3, -0.25) is 0 Å². The molecule has 0 aromatic rings. The molecular formula is C11H21NO. The standard InChI is InChI=1S/C11H21NO/c1-3-8-12-9-5-6-11(13,4-2)7-10-12/h4,13H,2-3,5-10H2,1H3. The van der Waals surface area contributed by atoms with E-state index in [0.29, 0.717) is 0 Å². The molecule has 1 heterocycles. The van der Waals surface area contributed by atoms with Gasteiger partial charge in [0, 0.05) is 6.54 Å². The molecule has 1 atom stereocenters. The highest BCUT2D eigenvalue weighted by Crippen LogP contribution is 2.22. The highest BCUT2D eigenvalue weighted by atomic mass is 16.3. The zero-order valence-corrected chi connectivity index (χ0v) is 8.63. The first-order valence-electron chi connectivity index (χ1n) is 5.28. The minimum atomic E-state index is -0.595. The Labute approximate surface area is 81.2 Å². The van der Waals surface area contributed by atoms with E-state index in [-0.39, 0.29) is 0 Å². The Morgan fingerprint density at radius 3 is 2.85 bits per heavy atom. The average molecular weight is 183 g/mol. The first kappa shape index (κ1) is 10.7. The number of rotatable bonds is 3. The SMILES string of the molecule is C=CC1(O)CCCN(CCC)CC1. The van der Waals surface area contributed by atoms with Gasteiger partial charge in [0.25, 0.3) is 0 Å². The van der Waals surface area contributed by atoms with Gasteiger partial charge in [-0.2, -0.15) is 0 Å². The van der Waals surface area contributed by atoms with E-state index in [9.17, 15) is 5.11 Å². The zero-order valence-electron chi connectivity index (χ0n) is 8.63. The van der Waals surface area contributed by atoms with Gasteiger partial charge < -0.3 is 10.0 Å². The highest BCUT2D eigenvalue weighted by molar-refractivity contribution is 4.97. The van der Waals surface area contributed by atoms with E-state index < -0.39 is 5.60 Å². The Bertz CT molecular complexity index is 169. The molecule has 0 spiro atoms. The minimum absolute atomic E-state index is 0.595. The van der Waals surface area contributed by atoms with Crippen LogP contribution in [0, 0.1) is 0 Å². The molecule has 0 bridgehead atoms. The van der Waals surface area contributed by atoms with Crippen LogP contribution >= 0.6 is 0 Å². The van der Waals surface area contributed by atoms with Crippen molar-refractivity contribution in [2.24, 2.45) is 0 Å². The van der Waals surface area contributed by atoms with Crippen molar-refractivity contribution in [3.05, 3.63) is 12.7 Å². The van der Waals surface area contributed by atoms with E-state index in [4.69, 9.17) is 0 Å². The van der Waals surface area contributed by atoms with Crippen LogP contribution in [0.1, 0.15) is 32.6 Å². The van der Waals surface area contributed by atoms with Gasteiger partial charge in [-0.25, -0.2) is 0 Å². The molecule has 0 aliphatic carbocycles. The third kappa shape index (κ3) is 3.12. The zero-order chi connectivity index (χ0) is 9.73. The quantitative estimate of drug-likeness (QED) is 0.674. The van der Waals surface area contributed by atoms with Gasteiger partial charge in [-0.1, -0.05) is 13.0 Å². The Morgan fingerprint density at radius 2 is 2.23 bits per heavy atom. The molecule has 1 aliphatic rings. The van der Waals surface area contributed by atoms with E-state index in [1.807, 2.05) is 0 Å². The summed E-state index contributed by atoms with van der Waals surface area (Å²) in [5.74, 6) is 0. The third-order valence-electron chi connectivity index (χ3n) is 2.86. The van der Waals surface area contributed by atoms with Gasteiger partial charge in [0.05, 0.1) is 5.60 Å². The molecule has 0 saturated carbocycles. The smallest absolute Gasteiger partial charge is 0.0837 e. The molecule has 1 unspecified atom stereocenters. The molecule has 76 valence electrons. The topological polar surface area (TPSA) is 23.5 Å². The predicted octanol–water partition coefficient (Wildman–Crippen LogP) is 1.80. The second-order valence-electron chi connectivity index (χ2n) is 4.00. The molecule has 1 N–H and O–H groups in total. The first-order chi connectivity index (χ1) is 6.20. The molecule has 2 nitrogen and oxygen atoms in total. The molecule has 13 heavy (non-hydrogen) atoms. The van der Waals surface area contributed by atoms with Gasteiger partial charge in [0.15, 0.2) is 0 Å². The third-order valence-corrected chi connectivity index (χ3v) is 2.86. The normalized spacial score (nSPS) is 31.2. The molecule has 0 radical (unpaired) electrons. The number of hydrogen-bond acceptors (Lipinski definition) is 2. The number of nitrogens with zero attached hydrogens (tertiary/aromatic N) is 1. The molecule has 1 aliphatic heterocycles. The molecule has 0 amide bonds. The van der Waals surface area contributed by atoms with Crippen LogP contribution in [0.25, 0.3) is 0 Å². The van der Waals surface area contributed by atoms with Crippen molar-refractivity contribution in [1.29, 1.82) is 0 Å². The second kappa shape index (κ2) is 4.77. The van der Waals surface area contributed by atoms with E-state index in [1.165, 1.54) is 6.42 Å². The van der Waals surface area contributed by atoms with Crippen molar-refractivity contribution in [2.45, 2.75) is 38.2 Å². The minimum Gasteiger partial charge on any atom is -0.386 e. The molecule has 0 aromatic heterocycles. The van der Waals surface area contributed by atoms with Crippen molar-refractivity contribution in [3.8, 4) is 0 Å². The monoisotopic (exact) mass is 183 g/mol. The van der Waals surface area contributed by atoms with Gasteiger partial charge in [0.2, 0.25) is 0 Å². The van der Waals surface area contributed by atoms with Crippen molar-refractivity contribution >= 4 is 0 Å². The Balaban J connectivity index is 2.43. The number of likely N-dealkylation sites (tertiary alicyclic amines) is 1. The molecule has 1 fully saturated rings. The van der Waals surface area contributed by atoms with Gasteiger partial charge in [-0.05, 0) is 38.8 Å². The Hall–Kier alpha value is -0.340. The summed E-state index contributed by atoms with van der Waals surface area (Å²) < 4.78 is 0. The van der Waals surface area contributed by atoms with Crippen LogP contribution in [0.5, 0.6) is 0 Å². The highest BCUT2D eigenvalue weighted by Gasteiger charge is 2.26. The molecular weight excluding hydrogens is 162 g/mol. The van der Waals surface area contributed by atoms with E-state index in [0.717, 1.165) is 38.9 Å². The molecule has 1 rings (SSSR count). The fourth-order valence-electron chi connectivity index (χ4n) is 1.94. The van der Waals surface area contributed by atoms with Crippen molar-refractivity contribution in [3.63, 3.8) is 0 Å². The lowest BCUT2D eigenvalue weighted by Crippen LogP contribution is -2.29. The summed E-state index contributed by atoms with van der Waals surface area (Å²) in [6.45, 7) is 9.20. The second-order valence-corrected chi connectivity index (χ2v) is 4.00. The molecule has 2 heteroatoms. The van der Waals surface area contributed by atoms with Crippen LogP contribution < -0.4 is 0 Å². The summed E-state index contributed by atoms with van der Waals surface area (Å²) in [6, 6.07) is 0. The molecule has 0 aromatic carbocycles. The number of aliphatic hydroxyl groups is 1. The van der Waals surface area contributed by atoms with Gasteiger partial charge in [-0.15, -0.1) is 6.58 Å². The fourth-order valence-corrected chi connectivity index (χ4v) is 1.94. The summed E-state index contributed by atoms with van der Waals surface area (Å²) in [5, 5.41) is 10.0.